The molecule has 0 aliphatic rings. The Labute approximate surface area is 76.2 Å². The molecule has 0 amide bonds. The summed E-state index contributed by atoms with van der Waals surface area (Å²) in [5.41, 5.74) is 1.14. The lowest BCUT2D eigenvalue weighted by Crippen LogP contribution is -1.98. The SMILES string of the molecule is On1ccnc1Cc1ccccc1. The van der Waals surface area contributed by atoms with Gasteiger partial charge in [-0.3, -0.25) is 0 Å². The van der Waals surface area contributed by atoms with Crippen molar-refractivity contribution in [3.8, 4) is 0 Å². The van der Waals surface area contributed by atoms with E-state index in [1.807, 2.05) is 30.3 Å². The molecule has 0 aliphatic carbocycles. The molecule has 1 N–H and O–H groups in total. The highest BCUT2D eigenvalue weighted by Gasteiger charge is 2.01. The minimum Gasteiger partial charge on any atom is -0.427 e. The van der Waals surface area contributed by atoms with Gasteiger partial charge in [-0.2, -0.15) is 4.73 Å². The number of hydrogen-bond acceptors (Lipinski definition) is 2. The number of benzene rings is 1. The topological polar surface area (TPSA) is 38.0 Å². The van der Waals surface area contributed by atoms with Crippen LogP contribution in [-0.2, 0) is 6.42 Å². The summed E-state index contributed by atoms with van der Waals surface area (Å²) in [5, 5.41) is 9.27. The van der Waals surface area contributed by atoms with E-state index >= 15 is 0 Å². The molecule has 0 unspecified atom stereocenters. The van der Waals surface area contributed by atoms with E-state index in [4.69, 9.17) is 0 Å². The maximum Gasteiger partial charge on any atom is 0.148 e. The van der Waals surface area contributed by atoms with Gasteiger partial charge in [0.1, 0.15) is 5.82 Å². The molecule has 2 aromatic rings. The predicted molar refractivity (Wildman–Crippen MR) is 48.7 cm³/mol. The lowest BCUT2D eigenvalue weighted by atomic mass is 10.1. The van der Waals surface area contributed by atoms with Crippen LogP contribution in [0.5, 0.6) is 0 Å². The van der Waals surface area contributed by atoms with Crippen LogP contribution in [-0.4, -0.2) is 14.9 Å². The van der Waals surface area contributed by atoms with Crippen molar-refractivity contribution in [3.63, 3.8) is 0 Å². The summed E-state index contributed by atoms with van der Waals surface area (Å²) in [6, 6.07) is 9.93. The van der Waals surface area contributed by atoms with Crippen molar-refractivity contribution in [1.82, 2.24) is 9.71 Å². The first-order chi connectivity index (χ1) is 6.36. The second-order valence-corrected chi connectivity index (χ2v) is 2.85. The van der Waals surface area contributed by atoms with Gasteiger partial charge in [-0.25, -0.2) is 4.98 Å². The fourth-order valence-corrected chi connectivity index (χ4v) is 1.23. The van der Waals surface area contributed by atoms with E-state index in [2.05, 4.69) is 4.98 Å². The summed E-state index contributed by atoms with van der Waals surface area (Å²) in [6.45, 7) is 0. The first-order valence-electron chi connectivity index (χ1n) is 4.11. The lowest BCUT2D eigenvalue weighted by molar-refractivity contribution is 0.177. The fourth-order valence-electron chi connectivity index (χ4n) is 1.23. The Balaban J connectivity index is 2.20. The lowest BCUT2D eigenvalue weighted by Gasteiger charge is -1.99. The van der Waals surface area contributed by atoms with Gasteiger partial charge < -0.3 is 5.21 Å². The van der Waals surface area contributed by atoms with Crippen molar-refractivity contribution in [3.05, 3.63) is 54.1 Å². The quantitative estimate of drug-likeness (QED) is 0.704. The van der Waals surface area contributed by atoms with Crippen molar-refractivity contribution in [2.75, 3.05) is 0 Å². The van der Waals surface area contributed by atoms with Gasteiger partial charge in [0.05, 0.1) is 6.20 Å². The van der Waals surface area contributed by atoms with Gasteiger partial charge in [-0.1, -0.05) is 30.3 Å². The molecule has 3 heteroatoms. The Morgan fingerprint density at radius 3 is 2.62 bits per heavy atom. The standard InChI is InChI=1S/C10H10N2O/c13-12-7-6-11-10(12)8-9-4-2-1-3-5-9/h1-7,13H,8H2. The summed E-state index contributed by atoms with van der Waals surface area (Å²) < 4.78 is 1.05. The molecule has 0 saturated carbocycles. The normalized spacial score (nSPS) is 10.2. The number of hydrogen-bond donors (Lipinski definition) is 1. The van der Waals surface area contributed by atoms with Crippen LogP contribution in [0.3, 0.4) is 0 Å². The first-order valence-corrected chi connectivity index (χ1v) is 4.11. The van der Waals surface area contributed by atoms with Crippen LogP contribution < -0.4 is 0 Å². The number of nitrogens with zero attached hydrogens (tertiary/aromatic N) is 2. The molecule has 0 aliphatic heterocycles. The molecule has 0 radical (unpaired) electrons. The molecule has 2 rings (SSSR count). The van der Waals surface area contributed by atoms with E-state index < -0.39 is 0 Å². The van der Waals surface area contributed by atoms with Crippen LogP contribution in [0, 0.1) is 0 Å². The number of aromatic nitrogens is 2. The Kier molecular flexibility index (Phi) is 2.00. The molecule has 0 fully saturated rings. The highest BCUT2D eigenvalue weighted by atomic mass is 16.5. The Bertz CT molecular complexity index is 381. The molecule has 0 bridgehead atoms. The molecule has 1 heterocycles. The van der Waals surface area contributed by atoms with Crippen molar-refractivity contribution in [2.24, 2.45) is 0 Å². The van der Waals surface area contributed by atoms with Crippen LogP contribution in [0.15, 0.2) is 42.7 Å². The second kappa shape index (κ2) is 3.31. The summed E-state index contributed by atoms with van der Waals surface area (Å²) >= 11 is 0. The third-order valence-corrected chi connectivity index (χ3v) is 1.90. The van der Waals surface area contributed by atoms with Crippen molar-refractivity contribution >= 4 is 0 Å². The minimum atomic E-state index is 0.657. The summed E-state index contributed by atoms with van der Waals surface area (Å²) in [4.78, 5) is 4.02. The monoisotopic (exact) mass is 174 g/mol. The van der Waals surface area contributed by atoms with E-state index in [-0.39, 0.29) is 0 Å². The third-order valence-electron chi connectivity index (χ3n) is 1.90. The zero-order chi connectivity index (χ0) is 9.10. The zero-order valence-corrected chi connectivity index (χ0v) is 7.09. The van der Waals surface area contributed by atoms with Gasteiger partial charge in [0, 0.05) is 12.6 Å². The van der Waals surface area contributed by atoms with Crippen molar-refractivity contribution in [2.45, 2.75) is 6.42 Å². The van der Waals surface area contributed by atoms with Gasteiger partial charge in [0.15, 0.2) is 0 Å². The average Bonchev–Trinajstić information content (AvgIpc) is 2.54. The van der Waals surface area contributed by atoms with E-state index in [9.17, 15) is 5.21 Å². The number of imidazole rings is 1. The van der Waals surface area contributed by atoms with E-state index in [1.54, 1.807) is 6.20 Å². The van der Waals surface area contributed by atoms with E-state index in [0.29, 0.717) is 12.2 Å². The maximum atomic E-state index is 9.27. The smallest absolute Gasteiger partial charge is 0.148 e. The van der Waals surface area contributed by atoms with E-state index in [0.717, 1.165) is 10.3 Å². The summed E-state index contributed by atoms with van der Waals surface area (Å²) in [7, 11) is 0. The van der Waals surface area contributed by atoms with Gasteiger partial charge in [-0.15, -0.1) is 0 Å². The summed E-state index contributed by atoms with van der Waals surface area (Å²) in [6.07, 6.45) is 3.76. The zero-order valence-electron chi connectivity index (χ0n) is 7.09. The molecular formula is C10H10N2O. The molecule has 66 valence electrons. The van der Waals surface area contributed by atoms with Crippen LogP contribution >= 0.6 is 0 Å². The van der Waals surface area contributed by atoms with Gasteiger partial charge in [0.25, 0.3) is 0 Å². The molecule has 0 spiro atoms. The maximum absolute atomic E-state index is 9.27. The highest BCUT2D eigenvalue weighted by Crippen LogP contribution is 2.05. The second-order valence-electron chi connectivity index (χ2n) is 2.85. The van der Waals surface area contributed by atoms with Gasteiger partial charge in [0.2, 0.25) is 0 Å². The van der Waals surface area contributed by atoms with Crippen LogP contribution in [0.25, 0.3) is 0 Å². The minimum absolute atomic E-state index is 0.657. The van der Waals surface area contributed by atoms with Crippen molar-refractivity contribution < 1.29 is 5.21 Å². The molecule has 13 heavy (non-hydrogen) atoms. The van der Waals surface area contributed by atoms with Crippen LogP contribution in [0.1, 0.15) is 11.4 Å². The molecular weight excluding hydrogens is 164 g/mol. The van der Waals surface area contributed by atoms with Gasteiger partial charge in [-0.05, 0) is 5.56 Å². The van der Waals surface area contributed by atoms with Gasteiger partial charge >= 0.3 is 0 Å². The molecule has 0 saturated heterocycles. The predicted octanol–water partition coefficient (Wildman–Crippen LogP) is 1.71. The average molecular weight is 174 g/mol. The van der Waals surface area contributed by atoms with Crippen molar-refractivity contribution in [1.29, 1.82) is 0 Å². The highest BCUT2D eigenvalue weighted by molar-refractivity contribution is 5.18. The molecule has 0 atom stereocenters. The molecule has 1 aromatic heterocycles. The van der Waals surface area contributed by atoms with Crippen LogP contribution in [0.2, 0.25) is 0 Å². The molecule has 1 aromatic carbocycles. The van der Waals surface area contributed by atoms with Crippen LogP contribution in [0.4, 0.5) is 0 Å². The Morgan fingerprint density at radius 2 is 2.00 bits per heavy atom. The largest absolute Gasteiger partial charge is 0.427 e. The Morgan fingerprint density at radius 1 is 1.23 bits per heavy atom. The third kappa shape index (κ3) is 1.69. The Hall–Kier alpha value is -1.77. The fraction of sp³-hybridized carbons (Fsp3) is 0.100. The summed E-state index contributed by atoms with van der Waals surface area (Å²) in [5.74, 6) is 0.659. The first kappa shape index (κ1) is 7.86. The van der Waals surface area contributed by atoms with E-state index in [1.165, 1.54) is 6.20 Å². The molecule has 3 nitrogen and oxygen atoms in total. The number of rotatable bonds is 2.